The van der Waals surface area contributed by atoms with E-state index in [9.17, 15) is 28.2 Å². The Labute approximate surface area is 319 Å². The minimum Gasteiger partial charge on any atom is -0.460 e. The standard InChI is InChI=1S/C41H50N4O8S/c1-27-17-19-33(20-18-27)54(51)43-38(49)41-23-31(41)16-10-8-6-5-7-9-13-28(21-35(46)53-40(2,3)4)37(48)45-26-32(22-34(45)36(47)42-41)52-39(50)44-24-29-14-11-12-15-30(29)25-44/h8,11-12,14-20,28,31-32,34H,5-7,9,13,21-26H2,1-4H3,(H,42,47)(H,43,49)/t10?,28-,31-,32-,34+,41-,54+/m1/s1. The number of nitrogens with zero attached hydrogens (tertiary/aromatic N) is 2. The SMILES string of the molecule is Cc1ccc([S@](=O)NC(=O)[C@@]23C[C@H]2C=C=CCCCCC[C@H](CC(=O)OC(C)(C)C)C(=O)N2C[C@H](OC(=O)N4Cc5ccccc5C4)C[C@H]2C(=O)N3)cc1. The van der Waals surface area contributed by atoms with Gasteiger partial charge in [-0.3, -0.25) is 28.8 Å². The van der Waals surface area contributed by atoms with E-state index in [0.29, 0.717) is 30.8 Å². The van der Waals surface area contributed by atoms with Crippen molar-refractivity contribution in [3.8, 4) is 0 Å². The number of hydrogen-bond acceptors (Lipinski definition) is 8. The summed E-state index contributed by atoms with van der Waals surface area (Å²) in [6.07, 6.45) is 5.79. The Morgan fingerprint density at radius 1 is 1.02 bits per heavy atom. The second kappa shape index (κ2) is 16.3. The van der Waals surface area contributed by atoms with Crippen molar-refractivity contribution in [2.24, 2.45) is 11.8 Å². The lowest BCUT2D eigenvalue weighted by molar-refractivity contribution is -0.159. The number of amides is 4. The summed E-state index contributed by atoms with van der Waals surface area (Å²) in [5, 5.41) is 2.93. The molecule has 0 radical (unpaired) electrons. The Hall–Kier alpha value is -4.74. The lowest BCUT2D eigenvalue weighted by Crippen LogP contribution is -2.56. The van der Waals surface area contributed by atoms with Crippen molar-refractivity contribution in [1.29, 1.82) is 0 Å². The highest BCUT2D eigenvalue weighted by Crippen LogP contribution is 2.45. The summed E-state index contributed by atoms with van der Waals surface area (Å²) in [5.74, 6) is -3.35. The predicted molar refractivity (Wildman–Crippen MR) is 200 cm³/mol. The number of esters is 1. The van der Waals surface area contributed by atoms with E-state index in [1.54, 1.807) is 56.0 Å². The van der Waals surface area contributed by atoms with Crippen LogP contribution >= 0.6 is 0 Å². The Morgan fingerprint density at radius 2 is 1.72 bits per heavy atom. The third kappa shape index (κ3) is 9.30. The van der Waals surface area contributed by atoms with Crippen molar-refractivity contribution in [1.82, 2.24) is 19.8 Å². The average molecular weight is 759 g/mol. The van der Waals surface area contributed by atoms with Gasteiger partial charge >= 0.3 is 12.1 Å². The molecule has 0 unspecified atom stereocenters. The van der Waals surface area contributed by atoms with Crippen LogP contribution in [-0.4, -0.2) is 73.6 Å². The topological polar surface area (TPSA) is 151 Å². The molecule has 0 bridgehead atoms. The van der Waals surface area contributed by atoms with Crippen LogP contribution in [0, 0.1) is 18.8 Å². The number of hydrogen-bond donors (Lipinski definition) is 2. The lowest BCUT2D eigenvalue weighted by Gasteiger charge is -2.30. The van der Waals surface area contributed by atoms with Gasteiger partial charge in [0.25, 0.3) is 5.91 Å². The van der Waals surface area contributed by atoms with Gasteiger partial charge in [0.1, 0.15) is 23.3 Å². The van der Waals surface area contributed by atoms with E-state index >= 15 is 0 Å². The Morgan fingerprint density at radius 3 is 2.41 bits per heavy atom. The minimum atomic E-state index is -1.89. The molecule has 2 aromatic carbocycles. The zero-order chi connectivity index (χ0) is 38.6. The highest BCUT2D eigenvalue weighted by atomic mass is 32.2. The molecule has 1 saturated carbocycles. The first-order valence-corrected chi connectivity index (χ1v) is 19.9. The normalized spacial score (nSPS) is 26.2. The summed E-state index contributed by atoms with van der Waals surface area (Å²) in [5.41, 5.74) is 4.02. The molecule has 4 aliphatic rings. The van der Waals surface area contributed by atoms with Crippen LogP contribution in [0.1, 0.15) is 88.8 Å². The number of carbonyl (C=O) groups is 5. The van der Waals surface area contributed by atoms with Crippen LogP contribution < -0.4 is 10.0 Å². The Balaban J connectivity index is 1.26. The zero-order valence-corrected chi connectivity index (χ0v) is 32.2. The molecule has 6 atom stereocenters. The summed E-state index contributed by atoms with van der Waals surface area (Å²) >= 11 is 0. The third-order valence-corrected chi connectivity index (χ3v) is 11.5. The molecule has 2 aromatic rings. The highest BCUT2D eigenvalue weighted by molar-refractivity contribution is 7.83. The molecule has 0 spiro atoms. The molecular formula is C41H50N4O8S. The van der Waals surface area contributed by atoms with Crippen LogP contribution in [0.5, 0.6) is 0 Å². The molecule has 3 heterocycles. The van der Waals surface area contributed by atoms with E-state index in [4.69, 9.17) is 9.47 Å². The van der Waals surface area contributed by atoms with Crippen molar-refractivity contribution in [3.63, 3.8) is 0 Å². The summed E-state index contributed by atoms with van der Waals surface area (Å²) in [6.45, 7) is 7.91. The van der Waals surface area contributed by atoms with Crippen LogP contribution in [0.2, 0.25) is 0 Å². The average Bonchev–Trinajstić information content (AvgIpc) is 3.42. The zero-order valence-electron chi connectivity index (χ0n) is 31.4. The van der Waals surface area contributed by atoms with Gasteiger partial charge in [-0.25, -0.2) is 9.00 Å². The van der Waals surface area contributed by atoms with Gasteiger partial charge in [0.2, 0.25) is 11.8 Å². The Kier molecular flexibility index (Phi) is 11.8. The molecule has 0 aromatic heterocycles. The van der Waals surface area contributed by atoms with Crippen LogP contribution in [0.3, 0.4) is 0 Å². The molecule has 4 amide bonds. The van der Waals surface area contributed by atoms with Crippen molar-refractivity contribution in [3.05, 3.63) is 83.1 Å². The molecule has 12 nitrogen and oxygen atoms in total. The molecule has 2 N–H and O–H groups in total. The second-order valence-electron chi connectivity index (χ2n) is 15.8. The molecular weight excluding hydrogens is 709 g/mol. The quantitative estimate of drug-likeness (QED) is 0.303. The van der Waals surface area contributed by atoms with Crippen LogP contribution in [0.4, 0.5) is 4.79 Å². The molecule has 6 rings (SSSR count). The fourth-order valence-electron chi connectivity index (χ4n) is 7.42. The van der Waals surface area contributed by atoms with E-state index < -0.39 is 75.9 Å². The summed E-state index contributed by atoms with van der Waals surface area (Å²) in [7, 11) is -1.89. The maximum absolute atomic E-state index is 14.5. The molecule has 1 aliphatic carbocycles. The minimum absolute atomic E-state index is 0.00331. The first-order valence-electron chi connectivity index (χ1n) is 18.8. The lowest BCUT2D eigenvalue weighted by atomic mass is 9.95. The van der Waals surface area contributed by atoms with E-state index in [2.05, 4.69) is 15.8 Å². The summed E-state index contributed by atoms with van der Waals surface area (Å²) in [6, 6.07) is 13.6. The molecule has 13 heteroatoms. The smallest absolute Gasteiger partial charge is 0.410 e. The Bertz CT molecular complexity index is 1840. The number of ether oxygens (including phenoxy) is 2. The number of benzene rings is 2. The number of aryl methyl sites for hydroxylation is 1. The van der Waals surface area contributed by atoms with Crippen LogP contribution in [0.15, 0.2) is 71.3 Å². The number of rotatable bonds is 6. The maximum Gasteiger partial charge on any atom is 0.410 e. The number of nitrogens with one attached hydrogen (secondary N) is 2. The van der Waals surface area contributed by atoms with Crippen molar-refractivity contribution in [2.45, 2.75) is 120 Å². The number of fused-ring (bicyclic) bond motifs is 3. The van der Waals surface area contributed by atoms with Crippen molar-refractivity contribution >= 4 is 40.8 Å². The van der Waals surface area contributed by atoms with Gasteiger partial charge in [-0.1, -0.05) is 54.8 Å². The van der Waals surface area contributed by atoms with Gasteiger partial charge in [0.05, 0.1) is 17.9 Å². The predicted octanol–water partition coefficient (Wildman–Crippen LogP) is 5.15. The first-order chi connectivity index (χ1) is 25.7. The summed E-state index contributed by atoms with van der Waals surface area (Å²) < 4.78 is 27.4. The largest absolute Gasteiger partial charge is 0.460 e. The third-order valence-electron chi connectivity index (χ3n) is 10.4. The molecule has 54 heavy (non-hydrogen) atoms. The van der Waals surface area contributed by atoms with E-state index in [0.717, 1.165) is 36.0 Å². The summed E-state index contributed by atoms with van der Waals surface area (Å²) in [4.78, 5) is 72.7. The molecule has 3 aliphatic heterocycles. The maximum atomic E-state index is 14.5. The van der Waals surface area contributed by atoms with Crippen LogP contribution in [-0.2, 0) is 52.7 Å². The molecule has 1 saturated heterocycles. The van der Waals surface area contributed by atoms with Gasteiger partial charge in [0, 0.05) is 31.3 Å². The van der Waals surface area contributed by atoms with Gasteiger partial charge in [-0.15, -0.1) is 5.73 Å². The first kappa shape index (κ1) is 39.0. The second-order valence-corrected chi connectivity index (χ2v) is 17.0. The van der Waals surface area contributed by atoms with E-state index in [1.807, 2.05) is 37.3 Å². The van der Waals surface area contributed by atoms with Gasteiger partial charge in [-0.2, -0.15) is 0 Å². The van der Waals surface area contributed by atoms with E-state index in [1.165, 1.54) is 4.90 Å². The number of carbonyl (C=O) groups excluding carboxylic acids is 5. The monoisotopic (exact) mass is 758 g/mol. The van der Waals surface area contributed by atoms with Gasteiger partial charge < -0.3 is 19.7 Å². The van der Waals surface area contributed by atoms with E-state index in [-0.39, 0.29) is 25.8 Å². The molecule has 288 valence electrons. The molecule has 2 fully saturated rings. The van der Waals surface area contributed by atoms with Crippen molar-refractivity contribution in [2.75, 3.05) is 6.54 Å². The fourth-order valence-corrected chi connectivity index (χ4v) is 8.27. The van der Waals surface area contributed by atoms with Crippen LogP contribution in [0.25, 0.3) is 0 Å². The highest BCUT2D eigenvalue weighted by Gasteiger charge is 2.61. The fraction of sp³-hybridized carbons (Fsp3) is 0.512. The van der Waals surface area contributed by atoms with Crippen molar-refractivity contribution < 1.29 is 37.7 Å². The van der Waals surface area contributed by atoms with Gasteiger partial charge in [-0.05, 0) is 88.8 Å². The van der Waals surface area contributed by atoms with Gasteiger partial charge in [0.15, 0.2) is 11.0 Å².